The quantitative estimate of drug-likeness (QED) is 0.943. The fraction of sp³-hybridized carbons (Fsp3) is 0.278. The molecule has 0 fully saturated rings. The molecule has 1 heterocycles. The molecule has 120 valence electrons. The van der Waals surface area contributed by atoms with E-state index in [4.69, 9.17) is 14.2 Å². The molecule has 1 aliphatic heterocycles. The Morgan fingerprint density at radius 1 is 1.13 bits per heavy atom. The number of methoxy groups -OCH3 is 2. The zero-order valence-electron chi connectivity index (χ0n) is 13.2. The van der Waals surface area contributed by atoms with Crippen molar-refractivity contribution >= 4 is 11.6 Å². The lowest BCUT2D eigenvalue weighted by atomic mass is 9.96. The molecule has 3 rings (SSSR count). The summed E-state index contributed by atoms with van der Waals surface area (Å²) in [6.07, 6.45) is 0.670. The molecule has 0 unspecified atom stereocenters. The predicted octanol–water partition coefficient (Wildman–Crippen LogP) is 2.89. The Bertz CT molecular complexity index is 692. The van der Waals surface area contributed by atoms with E-state index in [1.54, 1.807) is 32.4 Å². The summed E-state index contributed by atoms with van der Waals surface area (Å²) in [5, 5.41) is 2.91. The van der Waals surface area contributed by atoms with Gasteiger partial charge >= 0.3 is 0 Å². The molecule has 0 bridgehead atoms. The molecule has 2 aromatic rings. The number of para-hydroxylation sites is 1. The van der Waals surface area contributed by atoms with Crippen LogP contribution < -0.4 is 19.5 Å². The standard InChI is InChI=1S/C18H19NO4/c1-21-15-8-14(9-16(10-15)22-2)19-18(20)13-7-12-5-3-4-6-17(12)23-11-13/h3-6,8-10,13H,7,11H2,1-2H3,(H,19,20)/t13-/m1/s1. The van der Waals surface area contributed by atoms with E-state index in [2.05, 4.69) is 5.32 Å². The van der Waals surface area contributed by atoms with Gasteiger partial charge in [0.05, 0.1) is 20.1 Å². The first-order valence-corrected chi connectivity index (χ1v) is 7.44. The van der Waals surface area contributed by atoms with Crippen LogP contribution in [0.2, 0.25) is 0 Å². The summed E-state index contributed by atoms with van der Waals surface area (Å²) >= 11 is 0. The number of hydrogen-bond acceptors (Lipinski definition) is 4. The highest BCUT2D eigenvalue weighted by molar-refractivity contribution is 5.93. The first kappa shape index (κ1) is 15.2. The van der Waals surface area contributed by atoms with Crippen LogP contribution in [0.15, 0.2) is 42.5 Å². The van der Waals surface area contributed by atoms with Crippen molar-refractivity contribution < 1.29 is 19.0 Å². The van der Waals surface area contributed by atoms with Gasteiger partial charge < -0.3 is 19.5 Å². The maximum absolute atomic E-state index is 12.5. The Morgan fingerprint density at radius 3 is 2.52 bits per heavy atom. The SMILES string of the molecule is COc1cc(NC(=O)[C@H]2COc3ccccc3C2)cc(OC)c1. The van der Waals surface area contributed by atoms with E-state index >= 15 is 0 Å². The van der Waals surface area contributed by atoms with Gasteiger partial charge in [0.25, 0.3) is 0 Å². The smallest absolute Gasteiger partial charge is 0.231 e. The van der Waals surface area contributed by atoms with Crippen molar-refractivity contribution in [1.29, 1.82) is 0 Å². The summed E-state index contributed by atoms with van der Waals surface area (Å²) in [5.41, 5.74) is 1.70. The summed E-state index contributed by atoms with van der Waals surface area (Å²) in [6.45, 7) is 0.379. The van der Waals surface area contributed by atoms with E-state index in [0.29, 0.717) is 30.2 Å². The number of fused-ring (bicyclic) bond motifs is 1. The van der Waals surface area contributed by atoms with Crippen LogP contribution >= 0.6 is 0 Å². The van der Waals surface area contributed by atoms with Crippen molar-refractivity contribution in [1.82, 2.24) is 0 Å². The molecule has 1 amide bonds. The van der Waals surface area contributed by atoms with E-state index < -0.39 is 0 Å². The average Bonchev–Trinajstić information content (AvgIpc) is 2.60. The lowest BCUT2D eigenvalue weighted by Crippen LogP contribution is -2.32. The molecule has 1 atom stereocenters. The van der Waals surface area contributed by atoms with Gasteiger partial charge in [-0.25, -0.2) is 0 Å². The molecule has 0 aromatic heterocycles. The highest BCUT2D eigenvalue weighted by Gasteiger charge is 2.26. The van der Waals surface area contributed by atoms with Crippen LogP contribution in [0, 0.1) is 5.92 Å². The Morgan fingerprint density at radius 2 is 1.83 bits per heavy atom. The van der Waals surface area contributed by atoms with Crippen LogP contribution in [0.1, 0.15) is 5.56 Å². The molecule has 0 spiro atoms. The minimum Gasteiger partial charge on any atom is -0.497 e. The monoisotopic (exact) mass is 313 g/mol. The maximum Gasteiger partial charge on any atom is 0.231 e. The number of nitrogens with one attached hydrogen (secondary N) is 1. The van der Waals surface area contributed by atoms with Crippen molar-refractivity contribution in [2.24, 2.45) is 5.92 Å². The predicted molar refractivity (Wildman–Crippen MR) is 87.3 cm³/mol. The number of anilines is 1. The van der Waals surface area contributed by atoms with Crippen molar-refractivity contribution in [2.45, 2.75) is 6.42 Å². The molecular weight excluding hydrogens is 294 g/mol. The fourth-order valence-corrected chi connectivity index (χ4v) is 2.62. The summed E-state index contributed by atoms with van der Waals surface area (Å²) in [6, 6.07) is 13.1. The Labute approximate surface area is 135 Å². The van der Waals surface area contributed by atoms with Crippen LogP contribution in [0.5, 0.6) is 17.2 Å². The van der Waals surface area contributed by atoms with Gasteiger partial charge in [-0.1, -0.05) is 18.2 Å². The number of benzene rings is 2. The molecule has 23 heavy (non-hydrogen) atoms. The number of rotatable bonds is 4. The molecule has 1 N–H and O–H groups in total. The number of ether oxygens (including phenoxy) is 3. The zero-order valence-corrected chi connectivity index (χ0v) is 13.2. The Kier molecular flexibility index (Phi) is 4.37. The number of hydrogen-bond donors (Lipinski definition) is 1. The maximum atomic E-state index is 12.5. The van der Waals surface area contributed by atoms with Gasteiger partial charge in [-0.05, 0) is 18.1 Å². The minimum absolute atomic E-state index is 0.0743. The van der Waals surface area contributed by atoms with Crippen LogP contribution in [0.4, 0.5) is 5.69 Å². The normalized spacial score (nSPS) is 16.0. The van der Waals surface area contributed by atoms with Gasteiger partial charge in [0.15, 0.2) is 0 Å². The fourth-order valence-electron chi connectivity index (χ4n) is 2.62. The van der Waals surface area contributed by atoms with Crippen molar-refractivity contribution in [3.63, 3.8) is 0 Å². The number of carbonyl (C=O) groups is 1. The molecular formula is C18H19NO4. The van der Waals surface area contributed by atoms with Crippen molar-refractivity contribution in [3.8, 4) is 17.2 Å². The molecule has 0 radical (unpaired) electrons. The van der Waals surface area contributed by atoms with Crippen LogP contribution in [-0.4, -0.2) is 26.7 Å². The molecule has 0 saturated carbocycles. The van der Waals surface area contributed by atoms with E-state index in [1.165, 1.54) is 0 Å². The highest BCUT2D eigenvalue weighted by Crippen LogP contribution is 2.29. The largest absolute Gasteiger partial charge is 0.497 e. The second-order valence-corrected chi connectivity index (χ2v) is 5.41. The summed E-state index contributed by atoms with van der Waals surface area (Å²) in [5.74, 6) is 1.83. The topological polar surface area (TPSA) is 56.8 Å². The third-order valence-electron chi connectivity index (χ3n) is 3.87. The van der Waals surface area contributed by atoms with Crippen LogP contribution in [0.25, 0.3) is 0 Å². The highest BCUT2D eigenvalue weighted by atomic mass is 16.5. The van der Waals surface area contributed by atoms with Crippen LogP contribution in [-0.2, 0) is 11.2 Å². The number of carbonyl (C=O) groups excluding carboxylic acids is 1. The Hall–Kier alpha value is -2.69. The molecule has 5 heteroatoms. The lowest BCUT2D eigenvalue weighted by molar-refractivity contribution is -0.121. The number of amides is 1. The lowest BCUT2D eigenvalue weighted by Gasteiger charge is -2.24. The van der Waals surface area contributed by atoms with E-state index in [1.807, 2.05) is 24.3 Å². The molecule has 1 aliphatic rings. The summed E-state index contributed by atoms with van der Waals surface area (Å²) < 4.78 is 16.1. The second kappa shape index (κ2) is 6.60. The first-order valence-electron chi connectivity index (χ1n) is 7.44. The molecule has 5 nitrogen and oxygen atoms in total. The van der Waals surface area contributed by atoms with E-state index in [9.17, 15) is 4.79 Å². The molecule has 2 aromatic carbocycles. The minimum atomic E-state index is -0.220. The summed E-state index contributed by atoms with van der Waals surface area (Å²) in [7, 11) is 3.15. The first-order chi connectivity index (χ1) is 11.2. The van der Waals surface area contributed by atoms with Gasteiger partial charge in [-0.2, -0.15) is 0 Å². The van der Waals surface area contributed by atoms with Gasteiger partial charge in [0.1, 0.15) is 23.9 Å². The average molecular weight is 313 g/mol. The van der Waals surface area contributed by atoms with Crippen molar-refractivity contribution in [2.75, 3.05) is 26.1 Å². The third kappa shape index (κ3) is 3.39. The van der Waals surface area contributed by atoms with Gasteiger partial charge in [0.2, 0.25) is 5.91 Å². The van der Waals surface area contributed by atoms with Gasteiger partial charge in [0, 0.05) is 23.9 Å². The van der Waals surface area contributed by atoms with Crippen molar-refractivity contribution in [3.05, 3.63) is 48.0 Å². The molecule has 0 saturated heterocycles. The Balaban J connectivity index is 1.73. The van der Waals surface area contributed by atoms with E-state index in [-0.39, 0.29) is 11.8 Å². The zero-order chi connectivity index (χ0) is 16.2. The third-order valence-corrected chi connectivity index (χ3v) is 3.87. The van der Waals surface area contributed by atoms with Crippen LogP contribution in [0.3, 0.4) is 0 Å². The second-order valence-electron chi connectivity index (χ2n) is 5.41. The van der Waals surface area contributed by atoms with Gasteiger partial charge in [-0.3, -0.25) is 4.79 Å². The summed E-state index contributed by atoms with van der Waals surface area (Å²) in [4.78, 5) is 12.5. The van der Waals surface area contributed by atoms with Gasteiger partial charge in [-0.15, -0.1) is 0 Å². The van der Waals surface area contributed by atoms with E-state index in [0.717, 1.165) is 11.3 Å². The molecule has 0 aliphatic carbocycles.